The van der Waals surface area contributed by atoms with Gasteiger partial charge in [-0.3, -0.25) is 10.1 Å². The van der Waals surface area contributed by atoms with E-state index in [2.05, 4.69) is 54.8 Å². The summed E-state index contributed by atoms with van der Waals surface area (Å²) in [6.45, 7) is 0.521. The highest BCUT2D eigenvalue weighted by molar-refractivity contribution is 6.07. The quantitative estimate of drug-likeness (QED) is 0.314. The maximum atomic E-state index is 12.9. The van der Waals surface area contributed by atoms with Gasteiger partial charge in [-0.15, -0.1) is 0 Å². The number of ether oxygens (including phenoxy) is 1. The molecule has 5 aromatic rings. The highest BCUT2D eigenvalue weighted by Crippen LogP contribution is 2.38. The van der Waals surface area contributed by atoms with Gasteiger partial charge in [0.15, 0.2) is 5.65 Å². The van der Waals surface area contributed by atoms with Crippen LogP contribution in [0.2, 0.25) is 0 Å². The first-order valence-electron chi connectivity index (χ1n) is 12.6. The van der Waals surface area contributed by atoms with Crippen molar-refractivity contribution in [3.05, 3.63) is 90.1 Å². The van der Waals surface area contributed by atoms with Crippen molar-refractivity contribution in [2.45, 2.75) is 44.6 Å². The monoisotopic (exact) mass is 493 g/mol. The van der Waals surface area contributed by atoms with Crippen molar-refractivity contribution < 1.29 is 9.53 Å². The Morgan fingerprint density at radius 3 is 2.57 bits per heavy atom. The van der Waals surface area contributed by atoms with Crippen molar-refractivity contribution in [1.82, 2.24) is 29.8 Å². The minimum Gasteiger partial charge on any atom is -0.489 e. The summed E-state index contributed by atoms with van der Waals surface area (Å²) in [5, 5.41) is 13.8. The van der Waals surface area contributed by atoms with Crippen LogP contribution in [-0.2, 0) is 6.61 Å². The van der Waals surface area contributed by atoms with Crippen LogP contribution in [0.15, 0.2) is 73.3 Å². The van der Waals surface area contributed by atoms with Crippen LogP contribution in [0.3, 0.4) is 0 Å². The van der Waals surface area contributed by atoms with E-state index in [1.807, 2.05) is 41.0 Å². The van der Waals surface area contributed by atoms with Crippen molar-refractivity contribution in [2.24, 2.45) is 0 Å². The second-order valence-corrected chi connectivity index (χ2v) is 9.27. The molecule has 1 saturated carbocycles. The average molecular weight is 494 g/mol. The summed E-state index contributed by atoms with van der Waals surface area (Å²) in [4.78, 5) is 21.6. The van der Waals surface area contributed by atoms with Gasteiger partial charge in [0.25, 0.3) is 5.91 Å². The zero-order valence-electron chi connectivity index (χ0n) is 20.3. The third kappa shape index (κ3) is 4.80. The summed E-state index contributed by atoms with van der Waals surface area (Å²) in [6.07, 6.45) is 10.6. The molecule has 9 heteroatoms. The Morgan fingerprint density at radius 1 is 1.00 bits per heavy atom. The van der Waals surface area contributed by atoms with Crippen LogP contribution in [0.4, 0.5) is 5.95 Å². The zero-order valence-corrected chi connectivity index (χ0v) is 20.3. The molecule has 1 amide bonds. The third-order valence-corrected chi connectivity index (χ3v) is 6.86. The fourth-order valence-electron chi connectivity index (χ4n) is 5.01. The van der Waals surface area contributed by atoms with E-state index in [9.17, 15) is 4.79 Å². The van der Waals surface area contributed by atoms with E-state index in [4.69, 9.17) is 4.74 Å². The van der Waals surface area contributed by atoms with Gasteiger partial charge in [-0.05, 0) is 36.1 Å². The van der Waals surface area contributed by atoms with E-state index >= 15 is 0 Å². The second kappa shape index (κ2) is 10.2. The van der Waals surface area contributed by atoms with Gasteiger partial charge >= 0.3 is 0 Å². The summed E-state index contributed by atoms with van der Waals surface area (Å²) in [5.41, 5.74) is 5.22. The molecule has 2 N–H and O–H groups in total. The molecule has 0 radical (unpaired) electrons. The summed E-state index contributed by atoms with van der Waals surface area (Å²) < 4.78 is 7.83. The number of hydrogen-bond acceptors (Lipinski definition) is 6. The lowest BCUT2D eigenvalue weighted by atomic mass is 9.84. The highest BCUT2D eigenvalue weighted by atomic mass is 16.5. The van der Waals surface area contributed by atoms with Gasteiger partial charge in [-0.25, -0.2) is 14.6 Å². The minimum absolute atomic E-state index is 0.281. The fourth-order valence-corrected chi connectivity index (χ4v) is 5.01. The molecule has 0 saturated heterocycles. The Kier molecular flexibility index (Phi) is 6.33. The van der Waals surface area contributed by atoms with Gasteiger partial charge in [0.05, 0.1) is 11.9 Å². The number of nitrogens with zero attached hydrogens (tertiary/aromatic N) is 5. The van der Waals surface area contributed by atoms with Crippen LogP contribution in [0.1, 0.15) is 59.6 Å². The van der Waals surface area contributed by atoms with Crippen LogP contribution in [-0.4, -0.2) is 35.7 Å². The topological polar surface area (TPSA) is 110 Å². The Bertz CT molecular complexity index is 1490. The average Bonchev–Trinajstić information content (AvgIpc) is 3.63. The number of carbonyl (C=O) groups excluding carboxylic acids is 1. The van der Waals surface area contributed by atoms with Crippen LogP contribution >= 0.6 is 0 Å². The number of aromatic amines is 1. The Hall–Kier alpha value is -4.53. The molecule has 0 spiro atoms. The molecule has 3 heterocycles. The molecule has 0 atom stereocenters. The zero-order chi connectivity index (χ0) is 25.0. The number of rotatable bonds is 7. The van der Waals surface area contributed by atoms with E-state index in [1.165, 1.54) is 25.6 Å². The minimum atomic E-state index is -0.332. The standard InChI is InChI=1S/C28H27N7O2/c36-27(33-28-30-18-31-34-28)24-16-32-35-25(21-9-5-2-6-10-21)23(15-29-26(24)35)20-11-13-22(14-12-20)37-17-19-7-3-1-4-8-19/h1,3-4,7-8,11-16,18,21H,2,5-6,9-10,17H2,(H2,30,31,33,34,36). The first-order valence-corrected chi connectivity index (χ1v) is 12.6. The number of anilines is 1. The molecule has 1 aliphatic carbocycles. The number of H-pyrrole nitrogens is 1. The number of amides is 1. The predicted molar refractivity (Wildman–Crippen MR) is 139 cm³/mol. The molecule has 1 fully saturated rings. The number of aromatic nitrogens is 6. The Labute approximate surface area is 213 Å². The molecular formula is C28H27N7O2. The van der Waals surface area contributed by atoms with Crippen molar-refractivity contribution >= 4 is 17.5 Å². The molecule has 6 rings (SSSR count). The van der Waals surface area contributed by atoms with E-state index in [1.54, 1.807) is 6.20 Å². The van der Waals surface area contributed by atoms with Crippen molar-refractivity contribution in [3.63, 3.8) is 0 Å². The Balaban J connectivity index is 1.33. The predicted octanol–water partition coefficient (Wildman–Crippen LogP) is 5.39. The van der Waals surface area contributed by atoms with Crippen LogP contribution in [0.5, 0.6) is 5.75 Å². The lowest BCUT2D eigenvalue weighted by molar-refractivity contribution is 0.102. The van der Waals surface area contributed by atoms with Gasteiger partial charge in [0, 0.05) is 17.7 Å². The normalized spacial score (nSPS) is 14.1. The maximum absolute atomic E-state index is 12.9. The van der Waals surface area contributed by atoms with Gasteiger partial charge in [-0.2, -0.15) is 15.2 Å². The SMILES string of the molecule is O=C(Nc1ncn[nH]1)c1cnn2c(C3CCCCC3)c(-c3ccc(OCc4ccccc4)cc3)cnc12. The number of benzene rings is 2. The lowest BCUT2D eigenvalue weighted by Crippen LogP contribution is -2.15. The largest absolute Gasteiger partial charge is 0.489 e. The molecular weight excluding hydrogens is 466 g/mol. The van der Waals surface area contributed by atoms with Crippen LogP contribution < -0.4 is 10.1 Å². The lowest BCUT2D eigenvalue weighted by Gasteiger charge is -2.25. The van der Waals surface area contributed by atoms with Gasteiger partial charge < -0.3 is 4.74 Å². The highest BCUT2D eigenvalue weighted by Gasteiger charge is 2.26. The summed E-state index contributed by atoms with van der Waals surface area (Å²) in [5.74, 6) is 1.10. The number of carbonyl (C=O) groups is 1. The molecule has 3 aromatic heterocycles. The molecule has 2 aromatic carbocycles. The third-order valence-electron chi connectivity index (χ3n) is 6.86. The van der Waals surface area contributed by atoms with Crippen molar-refractivity contribution in [1.29, 1.82) is 0 Å². The molecule has 186 valence electrons. The Morgan fingerprint density at radius 2 is 1.81 bits per heavy atom. The molecule has 1 aliphatic rings. The van der Waals surface area contributed by atoms with E-state index < -0.39 is 0 Å². The number of fused-ring (bicyclic) bond motifs is 1. The summed E-state index contributed by atoms with van der Waals surface area (Å²) in [6, 6.07) is 18.2. The van der Waals surface area contributed by atoms with E-state index in [0.29, 0.717) is 23.7 Å². The fraction of sp³-hybridized carbons (Fsp3) is 0.250. The molecule has 0 bridgehead atoms. The first-order chi connectivity index (χ1) is 18.3. The molecule has 0 aliphatic heterocycles. The summed E-state index contributed by atoms with van der Waals surface area (Å²) in [7, 11) is 0. The molecule has 0 unspecified atom stereocenters. The van der Waals surface area contributed by atoms with Crippen molar-refractivity contribution in [2.75, 3.05) is 5.32 Å². The number of hydrogen-bond donors (Lipinski definition) is 2. The van der Waals surface area contributed by atoms with E-state index in [-0.39, 0.29) is 11.9 Å². The van der Waals surface area contributed by atoms with E-state index in [0.717, 1.165) is 41.0 Å². The van der Waals surface area contributed by atoms with Crippen LogP contribution in [0, 0.1) is 0 Å². The maximum Gasteiger partial charge on any atom is 0.263 e. The van der Waals surface area contributed by atoms with Gasteiger partial charge in [0.1, 0.15) is 24.2 Å². The molecule has 9 nitrogen and oxygen atoms in total. The number of nitrogens with one attached hydrogen (secondary N) is 2. The van der Waals surface area contributed by atoms with Gasteiger partial charge in [-0.1, -0.05) is 61.7 Å². The molecule has 37 heavy (non-hydrogen) atoms. The second-order valence-electron chi connectivity index (χ2n) is 9.27. The summed E-state index contributed by atoms with van der Waals surface area (Å²) >= 11 is 0. The smallest absolute Gasteiger partial charge is 0.263 e. The van der Waals surface area contributed by atoms with Crippen molar-refractivity contribution in [3.8, 4) is 16.9 Å². The van der Waals surface area contributed by atoms with Gasteiger partial charge in [0.2, 0.25) is 5.95 Å². The first kappa shape index (κ1) is 22.9. The van der Waals surface area contributed by atoms with Crippen LogP contribution in [0.25, 0.3) is 16.8 Å².